The summed E-state index contributed by atoms with van der Waals surface area (Å²) in [6.07, 6.45) is 0. The molecule has 1 aromatic carbocycles. The van der Waals surface area contributed by atoms with Gasteiger partial charge in [0.05, 0.1) is 5.02 Å². The Morgan fingerprint density at radius 3 is 2.94 bits per heavy atom. The van der Waals surface area contributed by atoms with Gasteiger partial charge in [0, 0.05) is 10.0 Å². The molecule has 1 N–H and O–H groups in total. The summed E-state index contributed by atoms with van der Waals surface area (Å²) in [5, 5.41) is 20.4. The molecule has 2 rings (SSSR count). The van der Waals surface area contributed by atoms with Crippen LogP contribution in [0.5, 0.6) is 0 Å². The van der Waals surface area contributed by atoms with Crippen LogP contribution in [0.25, 0.3) is 11.4 Å². The van der Waals surface area contributed by atoms with Gasteiger partial charge in [-0.2, -0.15) is 0 Å². The number of hydrogen-bond acceptors (Lipinski definition) is 4. The van der Waals surface area contributed by atoms with Crippen molar-refractivity contribution in [2.75, 3.05) is 0 Å². The van der Waals surface area contributed by atoms with E-state index in [1.54, 1.807) is 18.2 Å². The zero-order valence-corrected chi connectivity index (χ0v) is 11.6. The number of carboxylic acid groups (broad SMARTS) is 1. The minimum atomic E-state index is -1.02. The van der Waals surface area contributed by atoms with Gasteiger partial charge in [0.2, 0.25) is 0 Å². The third-order valence-corrected chi connectivity index (χ3v) is 3.71. The number of nitrogens with zero attached hydrogens (tertiary/aromatic N) is 4. The van der Waals surface area contributed by atoms with E-state index in [1.165, 1.54) is 11.6 Å². The van der Waals surface area contributed by atoms with Gasteiger partial charge in [-0.15, -0.1) is 5.10 Å². The number of tetrazole rings is 1. The SMILES string of the molecule is CC(C(=O)O)n1nnnc1-c1cccc(Br)c1Cl. The normalized spacial score (nSPS) is 12.4. The van der Waals surface area contributed by atoms with Crippen molar-refractivity contribution in [2.24, 2.45) is 0 Å². The fourth-order valence-electron chi connectivity index (χ4n) is 1.41. The van der Waals surface area contributed by atoms with Gasteiger partial charge >= 0.3 is 5.97 Å². The van der Waals surface area contributed by atoms with Crippen molar-refractivity contribution in [2.45, 2.75) is 13.0 Å². The maximum absolute atomic E-state index is 11.0. The number of rotatable bonds is 3. The molecule has 0 amide bonds. The summed E-state index contributed by atoms with van der Waals surface area (Å²) in [4.78, 5) is 11.0. The van der Waals surface area contributed by atoms with Crippen LogP contribution in [0, 0.1) is 0 Å². The van der Waals surface area contributed by atoms with Gasteiger partial charge in [-0.25, -0.2) is 9.48 Å². The minimum absolute atomic E-state index is 0.316. The first-order valence-electron chi connectivity index (χ1n) is 4.97. The van der Waals surface area contributed by atoms with Gasteiger partial charge < -0.3 is 5.11 Å². The lowest BCUT2D eigenvalue weighted by atomic mass is 10.2. The highest BCUT2D eigenvalue weighted by molar-refractivity contribution is 9.10. The summed E-state index contributed by atoms with van der Waals surface area (Å²) in [6, 6.07) is 4.41. The van der Waals surface area contributed by atoms with Crippen molar-refractivity contribution in [3.63, 3.8) is 0 Å². The van der Waals surface area contributed by atoms with Crippen molar-refractivity contribution in [1.29, 1.82) is 0 Å². The molecule has 0 saturated carbocycles. The highest BCUT2D eigenvalue weighted by Gasteiger charge is 2.21. The molecular weight excluding hydrogens is 323 g/mol. The van der Waals surface area contributed by atoms with E-state index in [1.807, 2.05) is 0 Å². The fraction of sp³-hybridized carbons (Fsp3) is 0.200. The van der Waals surface area contributed by atoms with E-state index in [2.05, 4.69) is 31.5 Å². The smallest absolute Gasteiger partial charge is 0.328 e. The fourth-order valence-corrected chi connectivity index (χ4v) is 1.99. The topological polar surface area (TPSA) is 80.9 Å². The lowest BCUT2D eigenvalue weighted by Crippen LogP contribution is -2.18. The van der Waals surface area contributed by atoms with Crippen molar-refractivity contribution in [3.05, 3.63) is 27.7 Å². The van der Waals surface area contributed by atoms with Gasteiger partial charge in [-0.1, -0.05) is 17.7 Å². The third-order valence-electron chi connectivity index (χ3n) is 2.41. The molecule has 1 aromatic heterocycles. The van der Waals surface area contributed by atoms with Gasteiger partial charge in [0.1, 0.15) is 0 Å². The van der Waals surface area contributed by atoms with E-state index >= 15 is 0 Å². The Bertz CT molecular complexity index is 601. The van der Waals surface area contributed by atoms with Crippen LogP contribution in [0.3, 0.4) is 0 Å². The Morgan fingerprint density at radius 1 is 1.56 bits per heavy atom. The van der Waals surface area contributed by atoms with Crippen molar-refractivity contribution in [1.82, 2.24) is 20.2 Å². The maximum atomic E-state index is 11.0. The van der Waals surface area contributed by atoms with Gasteiger partial charge in [-0.05, 0) is 45.4 Å². The molecule has 1 heterocycles. The largest absolute Gasteiger partial charge is 0.480 e. The molecule has 0 spiro atoms. The molecule has 0 bridgehead atoms. The quantitative estimate of drug-likeness (QED) is 0.934. The van der Waals surface area contributed by atoms with Crippen LogP contribution in [0.15, 0.2) is 22.7 Å². The molecule has 6 nitrogen and oxygen atoms in total. The van der Waals surface area contributed by atoms with Crippen LogP contribution in [0.1, 0.15) is 13.0 Å². The number of benzene rings is 1. The Kier molecular flexibility index (Phi) is 3.63. The number of aromatic nitrogens is 4. The zero-order chi connectivity index (χ0) is 13.3. The molecule has 94 valence electrons. The van der Waals surface area contributed by atoms with E-state index in [-0.39, 0.29) is 0 Å². The summed E-state index contributed by atoms with van der Waals surface area (Å²) in [6.45, 7) is 1.49. The Morgan fingerprint density at radius 2 is 2.28 bits per heavy atom. The van der Waals surface area contributed by atoms with Gasteiger partial charge in [0.15, 0.2) is 11.9 Å². The lowest BCUT2D eigenvalue weighted by Gasteiger charge is -2.10. The van der Waals surface area contributed by atoms with Crippen LogP contribution in [-0.4, -0.2) is 31.3 Å². The summed E-state index contributed by atoms with van der Waals surface area (Å²) in [5.74, 6) is -0.703. The Balaban J connectivity index is 2.56. The van der Waals surface area contributed by atoms with Gasteiger partial charge in [0.25, 0.3) is 0 Å². The molecule has 2 aromatic rings. The highest BCUT2D eigenvalue weighted by Crippen LogP contribution is 2.32. The molecule has 1 unspecified atom stereocenters. The molecule has 1 atom stereocenters. The van der Waals surface area contributed by atoms with Crippen LogP contribution in [0.2, 0.25) is 5.02 Å². The number of halogens is 2. The monoisotopic (exact) mass is 330 g/mol. The number of aliphatic carboxylic acids is 1. The number of carboxylic acids is 1. The van der Waals surface area contributed by atoms with Crippen LogP contribution < -0.4 is 0 Å². The summed E-state index contributed by atoms with van der Waals surface area (Å²) >= 11 is 9.43. The molecule has 0 saturated heterocycles. The molecule has 8 heteroatoms. The Labute approximate surface area is 116 Å². The second-order valence-electron chi connectivity index (χ2n) is 3.56. The highest BCUT2D eigenvalue weighted by atomic mass is 79.9. The van der Waals surface area contributed by atoms with E-state index in [0.717, 1.165) is 0 Å². The zero-order valence-electron chi connectivity index (χ0n) is 9.21. The van der Waals surface area contributed by atoms with E-state index in [9.17, 15) is 4.79 Å². The summed E-state index contributed by atoms with van der Waals surface area (Å²) < 4.78 is 1.91. The minimum Gasteiger partial charge on any atom is -0.480 e. The second-order valence-corrected chi connectivity index (χ2v) is 4.79. The predicted octanol–water partition coefficient (Wildman–Crippen LogP) is 2.40. The van der Waals surface area contributed by atoms with Crippen LogP contribution in [-0.2, 0) is 4.79 Å². The molecule has 0 aliphatic heterocycles. The van der Waals surface area contributed by atoms with Crippen molar-refractivity contribution >= 4 is 33.5 Å². The van der Waals surface area contributed by atoms with E-state index < -0.39 is 12.0 Å². The lowest BCUT2D eigenvalue weighted by molar-refractivity contribution is -0.140. The van der Waals surface area contributed by atoms with Crippen molar-refractivity contribution < 1.29 is 9.90 Å². The summed E-state index contributed by atoms with van der Waals surface area (Å²) in [5.41, 5.74) is 0.573. The van der Waals surface area contributed by atoms with Crippen molar-refractivity contribution in [3.8, 4) is 11.4 Å². The first-order chi connectivity index (χ1) is 8.52. The molecular formula is C10H8BrClN4O2. The molecule has 18 heavy (non-hydrogen) atoms. The average Bonchev–Trinajstić information content (AvgIpc) is 2.80. The first kappa shape index (κ1) is 13.0. The third kappa shape index (κ3) is 2.23. The predicted molar refractivity (Wildman–Crippen MR) is 68.3 cm³/mol. The maximum Gasteiger partial charge on any atom is 0.328 e. The standard InChI is InChI=1S/C10H8BrClN4O2/c1-5(10(17)18)16-9(13-14-15-16)6-3-2-4-7(11)8(6)12/h2-5H,1H3,(H,17,18). The number of hydrogen-bond donors (Lipinski definition) is 1. The summed E-state index contributed by atoms with van der Waals surface area (Å²) in [7, 11) is 0. The van der Waals surface area contributed by atoms with Gasteiger partial charge in [-0.3, -0.25) is 0 Å². The second kappa shape index (κ2) is 5.03. The molecule has 0 aliphatic rings. The van der Waals surface area contributed by atoms with E-state index in [4.69, 9.17) is 16.7 Å². The molecule has 0 aliphatic carbocycles. The van der Waals surface area contributed by atoms with Crippen LogP contribution >= 0.6 is 27.5 Å². The van der Waals surface area contributed by atoms with E-state index in [0.29, 0.717) is 20.9 Å². The first-order valence-corrected chi connectivity index (χ1v) is 6.14. The Hall–Kier alpha value is -1.47. The average molecular weight is 332 g/mol. The molecule has 0 radical (unpaired) electrons. The number of carbonyl (C=O) groups is 1. The van der Waals surface area contributed by atoms with Crippen LogP contribution in [0.4, 0.5) is 0 Å². The molecule has 0 fully saturated rings.